The number of hydrogen-bond acceptors (Lipinski definition) is 5. The molecule has 0 bridgehead atoms. The van der Waals surface area contributed by atoms with Crippen LogP contribution in [0.3, 0.4) is 0 Å². The number of thioether (sulfide) groups is 1. The molecule has 7 heteroatoms. The molecule has 5 nitrogen and oxygen atoms in total. The van der Waals surface area contributed by atoms with Gasteiger partial charge in [-0.05, 0) is 48.2 Å². The van der Waals surface area contributed by atoms with E-state index < -0.39 is 0 Å². The SMILES string of the molecule is CCCCCCc1ccc(-n2ccc(=O)nc2C(SCc2ccc(F)cc2)c2cncnc2)cc1. The van der Waals surface area contributed by atoms with Gasteiger partial charge >= 0.3 is 0 Å². The summed E-state index contributed by atoms with van der Waals surface area (Å²) in [6, 6.07) is 16.4. The zero-order valence-electron chi connectivity index (χ0n) is 19.8. The summed E-state index contributed by atoms with van der Waals surface area (Å²) in [5.74, 6) is 0.954. The van der Waals surface area contributed by atoms with Gasteiger partial charge in [0.2, 0.25) is 0 Å². The van der Waals surface area contributed by atoms with Crippen LogP contribution in [0.1, 0.15) is 60.4 Å². The highest BCUT2D eigenvalue weighted by molar-refractivity contribution is 7.98. The largest absolute Gasteiger partial charge is 0.304 e. The topological polar surface area (TPSA) is 60.7 Å². The smallest absolute Gasteiger partial charge is 0.272 e. The van der Waals surface area contributed by atoms with Crippen LogP contribution in [0.4, 0.5) is 4.39 Å². The molecule has 0 saturated carbocycles. The summed E-state index contributed by atoms with van der Waals surface area (Å²) >= 11 is 1.60. The van der Waals surface area contributed by atoms with Crippen molar-refractivity contribution in [3.8, 4) is 5.69 Å². The first-order valence-corrected chi connectivity index (χ1v) is 13.0. The number of benzene rings is 2. The van der Waals surface area contributed by atoms with E-state index in [1.54, 1.807) is 42.5 Å². The molecule has 0 N–H and O–H groups in total. The van der Waals surface area contributed by atoms with Gasteiger partial charge in [-0.15, -0.1) is 11.8 Å². The normalized spacial score (nSPS) is 11.9. The number of nitrogens with zero attached hydrogens (tertiary/aromatic N) is 4. The lowest BCUT2D eigenvalue weighted by Gasteiger charge is -2.21. The van der Waals surface area contributed by atoms with E-state index >= 15 is 0 Å². The molecular weight excluding hydrogens is 459 g/mol. The molecule has 0 aliphatic heterocycles. The van der Waals surface area contributed by atoms with Crippen molar-refractivity contribution in [1.29, 1.82) is 0 Å². The molecule has 2 aromatic heterocycles. The summed E-state index contributed by atoms with van der Waals surface area (Å²) in [5.41, 5.74) is 3.77. The minimum absolute atomic E-state index is 0.265. The lowest BCUT2D eigenvalue weighted by atomic mass is 10.1. The van der Waals surface area contributed by atoms with Crippen molar-refractivity contribution >= 4 is 11.8 Å². The minimum atomic E-state index is -0.298. The Morgan fingerprint density at radius 3 is 2.34 bits per heavy atom. The van der Waals surface area contributed by atoms with Crippen molar-refractivity contribution in [3.63, 3.8) is 0 Å². The Kier molecular flexibility index (Phi) is 8.79. The number of rotatable bonds is 11. The predicted molar refractivity (Wildman–Crippen MR) is 139 cm³/mol. The maximum absolute atomic E-state index is 13.4. The average Bonchev–Trinajstić information content (AvgIpc) is 2.89. The zero-order chi connectivity index (χ0) is 24.5. The molecule has 0 saturated heterocycles. The van der Waals surface area contributed by atoms with Gasteiger partial charge in [-0.1, -0.05) is 50.5 Å². The van der Waals surface area contributed by atoms with Crippen LogP contribution < -0.4 is 5.56 Å². The van der Waals surface area contributed by atoms with Crippen LogP contribution in [0, 0.1) is 5.82 Å². The Balaban J connectivity index is 1.64. The third-order valence-corrected chi connectivity index (χ3v) is 7.14. The number of unbranched alkanes of at least 4 members (excludes halogenated alkanes) is 3. The van der Waals surface area contributed by atoms with Crippen molar-refractivity contribution < 1.29 is 4.39 Å². The molecule has 1 atom stereocenters. The van der Waals surface area contributed by atoms with Gasteiger partial charge in [0.25, 0.3) is 5.56 Å². The number of halogens is 1. The lowest BCUT2D eigenvalue weighted by molar-refractivity contribution is 0.627. The number of hydrogen-bond donors (Lipinski definition) is 0. The zero-order valence-corrected chi connectivity index (χ0v) is 20.6. The molecule has 0 amide bonds. The first-order valence-electron chi connectivity index (χ1n) is 11.9. The minimum Gasteiger partial charge on any atom is -0.304 e. The summed E-state index contributed by atoms with van der Waals surface area (Å²) < 4.78 is 15.3. The third kappa shape index (κ3) is 6.85. The molecule has 2 heterocycles. The standard InChI is InChI=1S/C28H29FN4OS/c1-2-3-4-5-6-21-9-13-25(14-10-21)33-16-15-26(34)32-28(33)27(23-17-30-20-31-18-23)35-19-22-7-11-24(29)12-8-22/h7-18,20,27H,2-6,19H2,1H3. The van der Waals surface area contributed by atoms with Crippen molar-refractivity contribution in [3.05, 3.63) is 118 Å². The summed E-state index contributed by atoms with van der Waals surface area (Å²) in [5, 5.41) is -0.288. The number of aryl methyl sites for hydroxylation is 1. The molecule has 0 fully saturated rings. The molecule has 1 unspecified atom stereocenters. The van der Waals surface area contributed by atoms with E-state index in [-0.39, 0.29) is 16.6 Å². The Morgan fingerprint density at radius 1 is 0.914 bits per heavy atom. The maximum atomic E-state index is 13.4. The van der Waals surface area contributed by atoms with Crippen LogP contribution in [-0.2, 0) is 12.2 Å². The Labute approximate surface area is 209 Å². The van der Waals surface area contributed by atoms with Crippen LogP contribution in [0.5, 0.6) is 0 Å². The summed E-state index contributed by atoms with van der Waals surface area (Å²) in [6.45, 7) is 2.22. The summed E-state index contributed by atoms with van der Waals surface area (Å²) in [6.07, 6.45) is 12.8. The van der Waals surface area contributed by atoms with Crippen LogP contribution >= 0.6 is 11.8 Å². The predicted octanol–water partition coefficient (Wildman–Crippen LogP) is 6.31. The van der Waals surface area contributed by atoms with Crippen molar-refractivity contribution in [1.82, 2.24) is 19.5 Å². The van der Waals surface area contributed by atoms with Gasteiger partial charge in [-0.2, -0.15) is 4.98 Å². The molecule has 0 spiro atoms. The monoisotopic (exact) mass is 488 g/mol. The van der Waals surface area contributed by atoms with E-state index in [2.05, 4.69) is 46.1 Å². The van der Waals surface area contributed by atoms with Gasteiger partial charge in [-0.25, -0.2) is 14.4 Å². The molecule has 4 aromatic rings. The maximum Gasteiger partial charge on any atom is 0.272 e. The highest BCUT2D eigenvalue weighted by atomic mass is 32.2. The second-order valence-electron chi connectivity index (χ2n) is 8.46. The van der Waals surface area contributed by atoms with Gasteiger partial charge in [0, 0.05) is 41.7 Å². The van der Waals surface area contributed by atoms with Crippen LogP contribution in [0.15, 0.2) is 84.3 Å². The fourth-order valence-corrected chi connectivity index (χ4v) is 5.11. The average molecular weight is 489 g/mol. The quantitative estimate of drug-likeness (QED) is 0.232. The van der Waals surface area contributed by atoms with E-state index in [1.165, 1.54) is 55.8 Å². The summed E-state index contributed by atoms with van der Waals surface area (Å²) in [4.78, 5) is 25.1. The van der Waals surface area contributed by atoms with Gasteiger partial charge in [0.15, 0.2) is 0 Å². The molecule has 2 aromatic carbocycles. The fraction of sp³-hybridized carbons (Fsp3) is 0.286. The van der Waals surface area contributed by atoms with Gasteiger partial charge in [0.05, 0.1) is 5.25 Å². The first-order chi connectivity index (χ1) is 17.1. The molecule has 4 rings (SSSR count). The molecule has 180 valence electrons. The van der Waals surface area contributed by atoms with Crippen molar-refractivity contribution in [2.45, 2.75) is 50.0 Å². The fourth-order valence-electron chi connectivity index (χ4n) is 3.93. The van der Waals surface area contributed by atoms with Crippen LogP contribution in [0.2, 0.25) is 0 Å². The Hall–Kier alpha value is -3.32. The lowest BCUT2D eigenvalue weighted by Crippen LogP contribution is -2.18. The van der Waals surface area contributed by atoms with Crippen LogP contribution in [-0.4, -0.2) is 19.5 Å². The van der Waals surface area contributed by atoms with Crippen molar-refractivity contribution in [2.75, 3.05) is 0 Å². The molecule has 0 radical (unpaired) electrons. The highest BCUT2D eigenvalue weighted by Crippen LogP contribution is 2.36. The third-order valence-electron chi connectivity index (χ3n) is 5.82. The number of aromatic nitrogens is 4. The van der Waals surface area contributed by atoms with Crippen LogP contribution in [0.25, 0.3) is 5.69 Å². The van der Waals surface area contributed by atoms with E-state index in [1.807, 2.05) is 4.57 Å². The van der Waals surface area contributed by atoms with Gasteiger partial charge in [0.1, 0.15) is 18.0 Å². The second-order valence-corrected chi connectivity index (χ2v) is 9.55. The van der Waals surface area contributed by atoms with Crippen molar-refractivity contribution in [2.24, 2.45) is 0 Å². The molecule has 0 aliphatic rings. The second kappa shape index (κ2) is 12.4. The molecular formula is C28H29FN4OS. The summed E-state index contributed by atoms with van der Waals surface area (Å²) in [7, 11) is 0. The van der Waals surface area contributed by atoms with E-state index in [0.717, 1.165) is 23.2 Å². The molecule has 35 heavy (non-hydrogen) atoms. The van der Waals surface area contributed by atoms with E-state index in [9.17, 15) is 9.18 Å². The Morgan fingerprint density at radius 2 is 1.63 bits per heavy atom. The van der Waals surface area contributed by atoms with E-state index in [0.29, 0.717) is 11.6 Å². The van der Waals surface area contributed by atoms with E-state index in [4.69, 9.17) is 0 Å². The first kappa shape index (κ1) is 24.8. The van der Waals surface area contributed by atoms with Gasteiger partial charge in [-0.3, -0.25) is 4.79 Å². The van der Waals surface area contributed by atoms with Gasteiger partial charge < -0.3 is 4.57 Å². The highest BCUT2D eigenvalue weighted by Gasteiger charge is 2.22. The Bertz CT molecular complexity index is 1260. The molecule has 0 aliphatic carbocycles.